The summed E-state index contributed by atoms with van der Waals surface area (Å²) in [6.45, 7) is 8.25. The van der Waals surface area contributed by atoms with Gasteiger partial charge in [0.25, 0.3) is 0 Å². The molecule has 0 spiro atoms. The third-order valence-electron chi connectivity index (χ3n) is 2.92. The second-order valence-corrected chi connectivity index (χ2v) is 4.98. The van der Waals surface area contributed by atoms with E-state index in [1.807, 2.05) is 13.8 Å². The number of hydrogen-bond acceptors (Lipinski definition) is 4. The molecule has 1 amide bonds. The minimum atomic E-state index is -0.756. The number of aliphatic carboxylic acids is 1. The predicted octanol–water partition coefficient (Wildman–Crippen LogP) is -0.397. The molecule has 0 aromatic carbocycles. The Morgan fingerprint density at radius 2 is 1.72 bits per heavy atom. The minimum Gasteiger partial charge on any atom is -0.481 e. The normalized spacial score (nSPS) is 17.9. The number of amides is 1. The first-order valence-electron chi connectivity index (χ1n) is 6.43. The highest BCUT2D eigenvalue weighted by Gasteiger charge is 2.19. The molecule has 1 fully saturated rings. The van der Waals surface area contributed by atoms with Crippen molar-refractivity contribution in [2.24, 2.45) is 0 Å². The smallest absolute Gasteiger partial charge is 0.304 e. The molecule has 0 aliphatic carbocycles. The molecular weight excluding hydrogens is 234 g/mol. The van der Waals surface area contributed by atoms with E-state index >= 15 is 0 Å². The van der Waals surface area contributed by atoms with Gasteiger partial charge in [0, 0.05) is 38.8 Å². The molecule has 0 radical (unpaired) electrons. The molecule has 0 bridgehead atoms. The van der Waals surface area contributed by atoms with Crippen LogP contribution in [0.2, 0.25) is 0 Å². The van der Waals surface area contributed by atoms with E-state index < -0.39 is 5.97 Å². The summed E-state index contributed by atoms with van der Waals surface area (Å²) in [5, 5.41) is 11.5. The number of carboxylic acid groups (broad SMARTS) is 1. The van der Waals surface area contributed by atoms with Crippen LogP contribution in [0.5, 0.6) is 0 Å². The Balaban J connectivity index is 2.19. The first-order valence-corrected chi connectivity index (χ1v) is 6.43. The number of rotatable bonds is 6. The summed E-state index contributed by atoms with van der Waals surface area (Å²) < 4.78 is 0. The number of piperazine rings is 1. The maximum absolute atomic E-state index is 11.6. The van der Waals surface area contributed by atoms with Crippen LogP contribution in [-0.4, -0.2) is 72.1 Å². The van der Waals surface area contributed by atoms with E-state index in [1.54, 1.807) is 0 Å². The summed E-state index contributed by atoms with van der Waals surface area (Å²) in [6.07, 6.45) is 0.188. The molecule has 0 aromatic heterocycles. The van der Waals surface area contributed by atoms with Crippen LogP contribution >= 0.6 is 0 Å². The Hall–Kier alpha value is -1.14. The van der Waals surface area contributed by atoms with Crippen LogP contribution in [0.1, 0.15) is 20.3 Å². The lowest BCUT2D eigenvalue weighted by atomic mass is 10.3. The quantitative estimate of drug-likeness (QED) is 0.677. The van der Waals surface area contributed by atoms with Crippen LogP contribution in [0.15, 0.2) is 0 Å². The second-order valence-electron chi connectivity index (χ2n) is 4.98. The first-order chi connectivity index (χ1) is 8.47. The number of carboxylic acids is 1. The van der Waals surface area contributed by atoms with Gasteiger partial charge in [0.2, 0.25) is 5.91 Å². The number of carbonyl (C=O) groups excluding carboxylic acids is 1. The lowest BCUT2D eigenvalue weighted by molar-refractivity contribution is -0.137. The van der Waals surface area contributed by atoms with Gasteiger partial charge in [-0.3, -0.25) is 14.5 Å². The van der Waals surface area contributed by atoms with Gasteiger partial charge in [-0.05, 0) is 13.8 Å². The molecule has 1 heterocycles. The number of hydrogen-bond donors (Lipinski definition) is 2. The van der Waals surface area contributed by atoms with Gasteiger partial charge in [-0.2, -0.15) is 0 Å². The highest BCUT2D eigenvalue weighted by Crippen LogP contribution is 2.02. The number of carbonyl (C=O) groups is 2. The van der Waals surface area contributed by atoms with Crippen molar-refractivity contribution in [1.82, 2.24) is 15.1 Å². The van der Waals surface area contributed by atoms with Crippen molar-refractivity contribution in [3.8, 4) is 0 Å². The number of nitrogens with one attached hydrogen (secondary N) is 1. The SMILES string of the molecule is CC(C)NC(=O)CN1CCN(CCC(=O)O)CC1. The largest absolute Gasteiger partial charge is 0.481 e. The zero-order valence-corrected chi connectivity index (χ0v) is 11.2. The molecular formula is C12H23N3O3. The Morgan fingerprint density at radius 3 is 2.22 bits per heavy atom. The maximum atomic E-state index is 11.6. The van der Waals surface area contributed by atoms with Crippen molar-refractivity contribution in [3.05, 3.63) is 0 Å². The van der Waals surface area contributed by atoms with E-state index in [9.17, 15) is 9.59 Å². The lowest BCUT2D eigenvalue weighted by Crippen LogP contribution is -2.50. The van der Waals surface area contributed by atoms with E-state index in [2.05, 4.69) is 15.1 Å². The molecule has 1 rings (SSSR count). The fourth-order valence-electron chi connectivity index (χ4n) is 2.00. The van der Waals surface area contributed by atoms with Crippen molar-refractivity contribution in [2.75, 3.05) is 39.3 Å². The van der Waals surface area contributed by atoms with Crippen molar-refractivity contribution < 1.29 is 14.7 Å². The molecule has 1 saturated heterocycles. The standard InChI is InChI=1S/C12H23N3O3/c1-10(2)13-11(16)9-15-7-5-14(6-8-15)4-3-12(17)18/h10H,3-9H2,1-2H3,(H,13,16)(H,17,18). The van der Waals surface area contributed by atoms with Gasteiger partial charge in [0.05, 0.1) is 13.0 Å². The van der Waals surface area contributed by atoms with Crippen molar-refractivity contribution in [3.63, 3.8) is 0 Å². The van der Waals surface area contributed by atoms with Crippen molar-refractivity contribution in [2.45, 2.75) is 26.3 Å². The Bertz CT molecular complexity index is 286. The van der Waals surface area contributed by atoms with Gasteiger partial charge < -0.3 is 15.3 Å². The van der Waals surface area contributed by atoms with Gasteiger partial charge in [-0.15, -0.1) is 0 Å². The topological polar surface area (TPSA) is 72.9 Å². The molecule has 0 unspecified atom stereocenters. The molecule has 0 aromatic rings. The van der Waals surface area contributed by atoms with Crippen molar-refractivity contribution in [1.29, 1.82) is 0 Å². The van der Waals surface area contributed by atoms with Crippen LogP contribution in [0.25, 0.3) is 0 Å². The summed E-state index contributed by atoms with van der Waals surface area (Å²) in [4.78, 5) is 26.3. The van der Waals surface area contributed by atoms with E-state index in [0.717, 1.165) is 26.2 Å². The Kier molecular flexibility index (Phi) is 6.07. The van der Waals surface area contributed by atoms with E-state index in [0.29, 0.717) is 13.1 Å². The fraction of sp³-hybridized carbons (Fsp3) is 0.833. The van der Waals surface area contributed by atoms with Crippen LogP contribution in [0, 0.1) is 0 Å². The molecule has 1 aliphatic heterocycles. The molecule has 1 aliphatic rings. The van der Waals surface area contributed by atoms with Crippen LogP contribution in [-0.2, 0) is 9.59 Å². The van der Waals surface area contributed by atoms with Gasteiger partial charge in [0.1, 0.15) is 0 Å². The van der Waals surface area contributed by atoms with Gasteiger partial charge in [0.15, 0.2) is 0 Å². The maximum Gasteiger partial charge on any atom is 0.304 e. The Labute approximate surface area is 108 Å². The summed E-state index contributed by atoms with van der Waals surface area (Å²) in [7, 11) is 0. The lowest BCUT2D eigenvalue weighted by Gasteiger charge is -2.34. The van der Waals surface area contributed by atoms with E-state index in [-0.39, 0.29) is 18.4 Å². The fourth-order valence-corrected chi connectivity index (χ4v) is 2.00. The zero-order chi connectivity index (χ0) is 13.5. The molecule has 104 valence electrons. The van der Waals surface area contributed by atoms with E-state index in [4.69, 9.17) is 5.11 Å². The van der Waals surface area contributed by atoms with E-state index in [1.165, 1.54) is 0 Å². The van der Waals surface area contributed by atoms with Crippen LogP contribution < -0.4 is 5.32 Å². The van der Waals surface area contributed by atoms with Crippen LogP contribution in [0.4, 0.5) is 0 Å². The predicted molar refractivity (Wildman–Crippen MR) is 68.4 cm³/mol. The third-order valence-corrected chi connectivity index (χ3v) is 2.92. The molecule has 0 atom stereocenters. The average Bonchev–Trinajstić information content (AvgIpc) is 2.26. The molecule has 2 N–H and O–H groups in total. The monoisotopic (exact) mass is 257 g/mol. The second kappa shape index (κ2) is 7.33. The van der Waals surface area contributed by atoms with Gasteiger partial charge >= 0.3 is 5.97 Å². The van der Waals surface area contributed by atoms with Crippen LogP contribution in [0.3, 0.4) is 0 Å². The highest BCUT2D eigenvalue weighted by atomic mass is 16.4. The Morgan fingerprint density at radius 1 is 1.17 bits per heavy atom. The molecule has 18 heavy (non-hydrogen) atoms. The minimum absolute atomic E-state index is 0.0592. The number of nitrogens with zero attached hydrogens (tertiary/aromatic N) is 2. The van der Waals surface area contributed by atoms with Crippen molar-refractivity contribution >= 4 is 11.9 Å². The summed E-state index contributed by atoms with van der Waals surface area (Å²) in [5.41, 5.74) is 0. The summed E-state index contributed by atoms with van der Waals surface area (Å²) in [6, 6.07) is 0.175. The zero-order valence-electron chi connectivity index (χ0n) is 11.2. The first kappa shape index (κ1) is 14.9. The summed E-state index contributed by atoms with van der Waals surface area (Å²) in [5.74, 6) is -0.697. The molecule has 0 saturated carbocycles. The molecule has 6 heteroatoms. The molecule has 6 nitrogen and oxygen atoms in total. The highest BCUT2D eigenvalue weighted by molar-refractivity contribution is 5.78. The van der Waals surface area contributed by atoms with Gasteiger partial charge in [-0.1, -0.05) is 0 Å². The average molecular weight is 257 g/mol. The van der Waals surface area contributed by atoms with Gasteiger partial charge in [-0.25, -0.2) is 0 Å². The third kappa shape index (κ3) is 5.97. The summed E-state index contributed by atoms with van der Waals surface area (Å²) >= 11 is 0.